The van der Waals surface area contributed by atoms with E-state index in [4.69, 9.17) is 0 Å². The summed E-state index contributed by atoms with van der Waals surface area (Å²) in [6.45, 7) is 9.59. The van der Waals surface area contributed by atoms with Crippen molar-refractivity contribution in [3.63, 3.8) is 0 Å². The smallest absolute Gasteiger partial charge is 0.296 e. The number of benzene rings is 1. The third-order valence-corrected chi connectivity index (χ3v) is 7.64. The lowest BCUT2D eigenvalue weighted by Crippen LogP contribution is -2.37. The van der Waals surface area contributed by atoms with Gasteiger partial charge in [-0.3, -0.25) is 14.1 Å². The van der Waals surface area contributed by atoms with E-state index in [0.717, 1.165) is 48.9 Å². The number of hydrogen-bond acceptors (Lipinski definition) is 5. The average Bonchev–Trinajstić information content (AvgIpc) is 3.36. The highest BCUT2D eigenvalue weighted by atomic mass is 16.1. The first-order valence-corrected chi connectivity index (χ1v) is 12.7. The van der Waals surface area contributed by atoms with E-state index in [2.05, 4.69) is 77.7 Å². The second-order valence-corrected chi connectivity index (χ2v) is 11.1. The molecule has 1 aromatic carbocycles. The quantitative estimate of drug-likeness (QED) is 0.513. The fourth-order valence-electron chi connectivity index (χ4n) is 5.42. The van der Waals surface area contributed by atoms with E-state index in [1.54, 1.807) is 0 Å². The summed E-state index contributed by atoms with van der Waals surface area (Å²) in [5.41, 5.74) is 3.10. The van der Waals surface area contributed by atoms with E-state index in [1.807, 2.05) is 33.7 Å². The summed E-state index contributed by atoms with van der Waals surface area (Å²) in [5, 5.41) is 14.4. The summed E-state index contributed by atoms with van der Waals surface area (Å²) in [7, 11) is 0. The Hall–Kier alpha value is -3.29. The van der Waals surface area contributed by atoms with Crippen LogP contribution < -0.4 is 5.69 Å². The maximum Gasteiger partial charge on any atom is 0.328 e. The number of aryl methyl sites for hydroxylation is 1. The van der Waals surface area contributed by atoms with Gasteiger partial charge in [0.2, 0.25) is 0 Å². The fraction of sp³-hybridized carbons (Fsp3) is 0.519. The van der Waals surface area contributed by atoms with Crippen LogP contribution >= 0.6 is 0 Å². The predicted octanol–water partition coefficient (Wildman–Crippen LogP) is 4.71. The summed E-state index contributed by atoms with van der Waals surface area (Å²) >= 11 is 0. The van der Waals surface area contributed by atoms with Crippen molar-refractivity contribution < 1.29 is 0 Å². The first kappa shape index (κ1) is 23.5. The Morgan fingerprint density at radius 1 is 1.26 bits per heavy atom. The molecule has 2 aliphatic rings. The first-order chi connectivity index (χ1) is 16.8. The van der Waals surface area contributed by atoms with Crippen LogP contribution in [0, 0.1) is 11.3 Å². The zero-order chi connectivity index (χ0) is 24.6. The van der Waals surface area contributed by atoms with Crippen LogP contribution in [0.4, 0.5) is 0 Å². The topological polar surface area (TPSA) is 93.7 Å². The standard InChI is InChI=1S/C27H35N7O/c1-5-6-10-21-17-33(23-16-22(23)26(2,3)4)25(35)34(21)18-27(11-13-28-14-12-27)20-9-7-8-19(15-20)24-29-31-32-30-24/h7-9,11,13-15,17,22-23H,5-6,10,12,16,18H2,1-4H3,(H,29,30,31,32). The number of aliphatic imine (C=N–C) groups is 1. The van der Waals surface area contributed by atoms with Crippen LogP contribution in [0.25, 0.3) is 11.4 Å². The second-order valence-electron chi connectivity index (χ2n) is 11.1. The molecule has 184 valence electrons. The van der Waals surface area contributed by atoms with E-state index in [-0.39, 0.29) is 16.5 Å². The number of H-pyrrole nitrogens is 1. The third kappa shape index (κ3) is 4.54. The number of nitrogens with one attached hydrogen (secondary N) is 1. The maximum atomic E-state index is 13.8. The molecule has 1 aliphatic carbocycles. The number of tetrazole rings is 1. The Balaban J connectivity index is 1.55. The molecule has 1 fully saturated rings. The van der Waals surface area contributed by atoms with Crippen LogP contribution in [0.3, 0.4) is 0 Å². The van der Waals surface area contributed by atoms with Crippen LogP contribution in [0.1, 0.15) is 70.7 Å². The van der Waals surface area contributed by atoms with Crippen LogP contribution in [0.5, 0.6) is 0 Å². The summed E-state index contributed by atoms with van der Waals surface area (Å²) in [5.74, 6) is 1.17. The van der Waals surface area contributed by atoms with Crippen LogP contribution in [0.15, 0.2) is 52.5 Å². The van der Waals surface area contributed by atoms with E-state index in [0.29, 0.717) is 24.3 Å². The van der Waals surface area contributed by atoms with Crippen molar-refractivity contribution in [2.45, 2.75) is 77.8 Å². The van der Waals surface area contributed by atoms with Gasteiger partial charge >= 0.3 is 5.69 Å². The number of hydrogen-bond donors (Lipinski definition) is 1. The third-order valence-electron chi connectivity index (χ3n) is 7.64. The molecule has 0 bridgehead atoms. The molecule has 35 heavy (non-hydrogen) atoms. The minimum Gasteiger partial charge on any atom is -0.296 e. The van der Waals surface area contributed by atoms with Gasteiger partial charge in [-0.2, -0.15) is 0 Å². The van der Waals surface area contributed by atoms with E-state index < -0.39 is 0 Å². The number of rotatable bonds is 8. The van der Waals surface area contributed by atoms with Crippen molar-refractivity contribution in [2.24, 2.45) is 16.3 Å². The number of aromatic amines is 1. The average molecular weight is 474 g/mol. The van der Waals surface area contributed by atoms with Crippen LogP contribution in [-0.4, -0.2) is 36.0 Å². The first-order valence-electron chi connectivity index (χ1n) is 12.7. The van der Waals surface area contributed by atoms with Crippen molar-refractivity contribution in [2.75, 3.05) is 0 Å². The lowest BCUT2D eigenvalue weighted by molar-refractivity contribution is 0.326. The minimum atomic E-state index is -0.380. The molecular formula is C27H35N7O. The Labute approximate surface area is 206 Å². The molecule has 2 aromatic heterocycles. The van der Waals surface area contributed by atoms with Crippen molar-refractivity contribution in [1.82, 2.24) is 29.8 Å². The predicted molar refractivity (Wildman–Crippen MR) is 137 cm³/mol. The van der Waals surface area contributed by atoms with Gasteiger partial charge < -0.3 is 0 Å². The molecule has 3 heterocycles. The second kappa shape index (κ2) is 9.06. The molecule has 3 aromatic rings. The zero-order valence-corrected chi connectivity index (χ0v) is 21.1. The van der Waals surface area contributed by atoms with Gasteiger partial charge in [0, 0.05) is 47.9 Å². The van der Waals surface area contributed by atoms with Crippen molar-refractivity contribution in [1.29, 1.82) is 0 Å². The highest BCUT2D eigenvalue weighted by molar-refractivity contribution is 5.65. The fourth-order valence-corrected chi connectivity index (χ4v) is 5.42. The number of unbranched alkanes of at least 4 members (excludes halogenated alkanes) is 1. The molecule has 1 N–H and O–H groups in total. The van der Waals surface area contributed by atoms with Crippen LogP contribution in [0.2, 0.25) is 0 Å². The lowest BCUT2D eigenvalue weighted by Gasteiger charge is -2.32. The summed E-state index contributed by atoms with van der Waals surface area (Å²) in [4.78, 5) is 18.2. The molecule has 8 heteroatoms. The molecule has 0 spiro atoms. The number of allylic oxidation sites excluding steroid dienone is 1. The molecule has 3 unspecified atom stereocenters. The Bertz CT molecular complexity index is 1290. The van der Waals surface area contributed by atoms with Crippen molar-refractivity contribution in [3.05, 3.63) is 64.5 Å². The lowest BCUT2D eigenvalue weighted by atomic mass is 9.76. The molecule has 5 rings (SSSR count). The van der Waals surface area contributed by atoms with E-state index >= 15 is 0 Å². The van der Waals surface area contributed by atoms with Crippen LogP contribution in [-0.2, 0) is 18.4 Å². The van der Waals surface area contributed by atoms with Gasteiger partial charge in [0.25, 0.3) is 0 Å². The number of nitrogens with zero attached hydrogens (tertiary/aromatic N) is 6. The van der Waals surface area contributed by atoms with Gasteiger partial charge in [0.15, 0.2) is 5.82 Å². The summed E-state index contributed by atoms with van der Waals surface area (Å²) in [6, 6.07) is 8.57. The molecular weight excluding hydrogens is 438 g/mol. The highest BCUT2D eigenvalue weighted by Crippen LogP contribution is 2.53. The Morgan fingerprint density at radius 2 is 2.11 bits per heavy atom. The normalized spacial score (nSPS) is 23.7. The van der Waals surface area contributed by atoms with Gasteiger partial charge in [-0.1, -0.05) is 58.4 Å². The molecule has 0 saturated heterocycles. The molecule has 8 nitrogen and oxygen atoms in total. The highest BCUT2D eigenvalue weighted by Gasteiger charge is 2.47. The monoisotopic (exact) mass is 473 g/mol. The van der Waals surface area contributed by atoms with Gasteiger partial charge in [0.05, 0.1) is 0 Å². The Morgan fingerprint density at radius 3 is 2.77 bits per heavy atom. The summed E-state index contributed by atoms with van der Waals surface area (Å²) < 4.78 is 4.05. The van der Waals surface area contributed by atoms with E-state index in [1.165, 1.54) is 0 Å². The van der Waals surface area contributed by atoms with Gasteiger partial charge in [0.1, 0.15) is 0 Å². The maximum absolute atomic E-state index is 13.8. The molecule has 0 radical (unpaired) electrons. The minimum absolute atomic E-state index is 0.110. The molecule has 1 saturated carbocycles. The zero-order valence-electron chi connectivity index (χ0n) is 21.1. The summed E-state index contributed by atoms with van der Waals surface area (Å²) in [6.07, 6.45) is 13.0. The van der Waals surface area contributed by atoms with Gasteiger partial charge in [-0.05, 0) is 59.1 Å². The number of aromatic nitrogens is 6. The molecule has 3 atom stereocenters. The Kier molecular flexibility index (Phi) is 6.07. The molecule has 1 aliphatic heterocycles. The van der Waals surface area contributed by atoms with Crippen molar-refractivity contribution in [3.8, 4) is 11.4 Å². The largest absolute Gasteiger partial charge is 0.328 e. The van der Waals surface area contributed by atoms with Crippen molar-refractivity contribution >= 4 is 6.21 Å². The van der Waals surface area contributed by atoms with Gasteiger partial charge in [-0.25, -0.2) is 9.89 Å². The SMILES string of the molecule is CCCCc1cn(C2CC2C(C)(C)C)c(=O)n1CC1(c2cccc(-c3nnn[nH]3)c2)C=CN=CC1. The van der Waals surface area contributed by atoms with Gasteiger partial charge in [-0.15, -0.1) is 5.10 Å². The number of imidazole rings is 1. The molecule has 0 amide bonds. The van der Waals surface area contributed by atoms with E-state index in [9.17, 15) is 4.79 Å².